The van der Waals surface area contributed by atoms with Gasteiger partial charge < -0.3 is 9.47 Å². The lowest BCUT2D eigenvalue weighted by Gasteiger charge is -2.33. The zero-order valence-electron chi connectivity index (χ0n) is 14.0. The van der Waals surface area contributed by atoms with E-state index in [0.29, 0.717) is 17.7 Å². The van der Waals surface area contributed by atoms with E-state index >= 15 is 0 Å². The summed E-state index contributed by atoms with van der Waals surface area (Å²) >= 11 is 0. The SMILES string of the molecule is Cc1nnc(CN2CCC(CN(C)C(=O)C3CC3)CC2)n1C. The van der Waals surface area contributed by atoms with Crippen LogP contribution in [-0.2, 0) is 18.4 Å². The number of rotatable bonds is 5. The summed E-state index contributed by atoms with van der Waals surface area (Å²) < 4.78 is 2.06. The maximum absolute atomic E-state index is 12.0. The van der Waals surface area contributed by atoms with Gasteiger partial charge in [-0.2, -0.15) is 0 Å². The van der Waals surface area contributed by atoms with Gasteiger partial charge in [0.15, 0.2) is 0 Å². The third-order valence-corrected chi connectivity index (χ3v) is 5.09. The summed E-state index contributed by atoms with van der Waals surface area (Å²) in [5, 5.41) is 8.36. The number of aromatic nitrogens is 3. The number of hydrogen-bond acceptors (Lipinski definition) is 4. The third kappa shape index (κ3) is 3.48. The van der Waals surface area contributed by atoms with E-state index in [1.807, 2.05) is 25.9 Å². The zero-order valence-corrected chi connectivity index (χ0v) is 14.0. The minimum atomic E-state index is 0.337. The van der Waals surface area contributed by atoms with E-state index in [9.17, 15) is 4.79 Å². The second kappa shape index (κ2) is 6.36. The molecule has 2 aliphatic rings. The van der Waals surface area contributed by atoms with Crippen LogP contribution in [0.15, 0.2) is 0 Å². The lowest BCUT2D eigenvalue weighted by atomic mass is 9.96. The molecule has 6 heteroatoms. The van der Waals surface area contributed by atoms with Crippen LogP contribution in [0.2, 0.25) is 0 Å². The number of hydrogen-bond donors (Lipinski definition) is 0. The molecule has 1 aromatic heterocycles. The van der Waals surface area contributed by atoms with Crippen molar-refractivity contribution in [3.8, 4) is 0 Å². The number of aryl methyl sites for hydroxylation is 1. The molecule has 1 aliphatic heterocycles. The average molecular weight is 305 g/mol. The van der Waals surface area contributed by atoms with E-state index in [1.54, 1.807) is 0 Å². The lowest BCUT2D eigenvalue weighted by Crippen LogP contribution is -2.39. The predicted molar refractivity (Wildman–Crippen MR) is 84.1 cm³/mol. The Kier molecular flexibility index (Phi) is 4.47. The molecule has 22 heavy (non-hydrogen) atoms. The van der Waals surface area contributed by atoms with Crippen molar-refractivity contribution in [3.63, 3.8) is 0 Å². The van der Waals surface area contributed by atoms with E-state index < -0.39 is 0 Å². The van der Waals surface area contributed by atoms with Gasteiger partial charge in [0.25, 0.3) is 0 Å². The van der Waals surface area contributed by atoms with Crippen molar-refractivity contribution in [2.24, 2.45) is 18.9 Å². The van der Waals surface area contributed by atoms with Gasteiger partial charge in [-0.05, 0) is 51.6 Å². The van der Waals surface area contributed by atoms with Gasteiger partial charge in [0.2, 0.25) is 5.91 Å². The van der Waals surface area contributed by atoms with E-state index in [1.165, 1.54) is 12.8 Å². The molecule has 0 N–H and O–H groups in total. The monoisotopic (exact) mass is 305 g/mol. The van der Waals surface area contributed by atoms with Gasteiger partial charge in [0, 0.05) is 26.6 Å². The summed E-state index contributed by atoms with van der Waals surface area (Å²) in [7, 11) is 3.99. The Hall–Kier alpha value is -1.43. The quantitative estimate of drug-likeness (QED) is 0.820. The zero-order chi connectivity index (χ0) is 15.7. The van der Waals surface area contributed by atoms with Crippen LogP contribution in [0.5, 0.6) is 0 Å². The summed E-state index contributed by atoms with van der Waals surface area (Å²) in [6.07, 6.45) is 4.52. The largest absolute Gasteiger partial charge is 0.345 e. The summed E-state index contributed by atoms with van der Waals surface area (Å²) in [5.41, 5.74) is 0. The number of nitrogens with zero attached hydrogens (tertiary/aromatic N) is 5. The predicted octanol–water partition coefficient (Wildman–Crippen LogP) is 1.20. The smallest absolute Gasteiger partial charge is 0.225 e. The minimum Gasteiger partial charge on any atom is -0.345 e. The van der Waals surface area contributed by atoms with Gasteiger partial charge in [0.05, 0.1) is 6.54 Å². The molecule has 0 radical (unpaired) electrons. The van der Waals surface area contributed by atoms with Crippen LogP contribution < -0.4 is 0 Å². The van der Waals surface area contributed by atoms with Crippen LogP contribution in [0.4, 0.5) is 0 Å². The van der Waals surface area contributed by atoms with Gasteiger partial charge in [-0.1, -0.05) is 0 Å². The van der Waals surface area contributed by atoms with Crippen LogP contribution in [0.1, 0.15) is 37.3 Å². The molecule has 0 aromatic carbocycles. The molecule has 2 fully saturated rings. The van der Waals surface area contributed by atoms with E-state index in [4.69, 9.17) is 0 Å². The van der Waals surface area contributed by atoms with Gasteiger partial charge in [-0.15, -0.1) is 10.2 Å². The molecule has 1 aliphatic carbocycles. The Morgan fingerprint density at radius 2 is 1.91 bits per heavy atom. The fourth-order valence-corrected chi connectivity index (χ4v) is 3.24. The van der Waals surface area contributed by atoms with Crippen LogP contribution in [0, 0.1) is 18.8 Å². The molecule has 0 bridgehead atoms. The first-order valence-electron chi connectivity index (χ1n) is 8.36. The molecule has 6 nitrogen and oxygen atoms in total. The molecule has 3 rings (SSSR count). The topological polar surface area (TPSA) is 54.3 Å². The molecule has 1 amide bonds. The highest BCUT2D eigenvalue weighted by atomic mass is 16.2. The molecule has 2 heterocycles. The van der Waals surface area contributed by atoms with Crippen molar-refractivity contribution in [1.29, 1.82) is 0 Å². The van der Waals surface area contributed by atoms with E-state index in [2.05, 4.69) is 19.7 Å². The van der Waals surface area contributed by atoms with Crippen molar-refractivity contribution in [2.75, 3.05) is 26.7 Å². The van der Waals surface area contributed by atoms with Gasteiger partial charge in [0.1, 0.15) is 11.6 Å². The Morgan fingerprint density at radius 1 is 1.23 bits per heavy atom. The second-order valence-electron chi connectivity index (χ2n) is 6.94. The maximum Gasteiger partial charge on any atom is 0.225 e. The van der Waals surface area contributed by atoms with E-state index in [0.717, 1.165) is 50.7 Å². The van der Waals surface area contributed by atoms with Gasteiger partial charge >= 0.3 is 0 Å². The molecule has 122 valence electrons. The van der Waals surface area contributed by atoms with Crippen molar-refractivity contribution >= 4 is 5.91 Å². The highest BCUT2D eigenvalue weighted by molar-refractivity contribution is 5.80. The Bertz CT molecular complexity index is 529. The molecule has 0 unspecified atom stereocenters. The summed E-state index contributed by atoms with van der Waals surface area (Å²) in [6, 6.07) is 0. The third-order valence-electron chi connectivity index (χ3n) is 5.09. The fourth-order valence-electron chi connectivity index (χ4n) is 3.24. The Morgan fingerprint density at radius 3 is 2.45 bits per heavy atom. The highest BCUT2D eigenvalue weighted by Crippen LogP contribution is 2.31. The van der Waals surface area contributed by atoms with Crippen LogP contribution in [0.3, 0.4) is 0 Å². The van der Waals surface area contributed by atoms with Crippen molar-refractivity contribution in [1.82, 2.24) is 24.6 Å². The van der Waals surface area contributed by atoms with Crippen LogP contribution >= 0.6 is 0 Å². The first-order valence-corrected chi connectivity index (χ1v) is 8.36. The number of amides is 1. The molecular formula is C16H27N5O. The summed E-state index contributed by atoms with van der Waals surface area (Å²) in [5.74, 6) is 3.34. The van der Waals surface area contributed by atoms with E-state index in [-0.39, 0.29) is 0 Å². The number of likely N-dealkylation sites (tertiary alicyclic amines) is 1. The minimum absolute atomic E-state index is 0.337. The normalized spacial score (nSPS) is 20.3. The second-order valence-corrected chi connectivity index (χ2v) is 6.94. The van der Waals surface area contributed by atoms with Crippen molar-refractivity contribution < 1.29 is 4.79 Å². The first-order chi connectivity index (χ1) is 10.5. The molecule has 0 spiro atoms. The fraction of sp³-hybridized carbons (Fsp3) is 0.812. The summed E-state index contributed by atoms with van der Waals surface area (Å²) in [4.78, 5) is 16.4. The average Bonchev–Trinajstić information content (AvgIpc) is 3.31. The number of carbonyl (C=O) groups excluding carboxylic acids is 1. The number of piperidine rings is 1. The first kappa shape index (κ1) is 15.5. The summed E-state index contributed by atoms with van der Waals surface area (Å²) in [6.45, 7) is 5.95. The van der Waals surface area contributed by atoms with Gasteiger partial charge in [-0.25, -0.2) is 0 Å². The van der Waals surface area contributed by atoms with Gasteiger partial charge in [-0.3, -0.25) is 9.69 Å². The number of carbonyl (C=O) groups is 1. The lowest BCUT2D eigenvalue weighted by molar-refractivity contribution is -0.132. The maximum atomic E-state index is 12.0. The molecule has 0 atom stereocenters. The highest BCUT2D eigenvalue weighted by Gasteiger charge is 2.33. The molecule has 1 aromatic rings. The standard InChI is InChI=1S/C16H27N5O/c1-12-17-18-15(20(12)3)11-21-8-6-13(7-9-21)10-19(2)16(22)14-4-5-14/h13-14H,4-11H2,1-3H3. The Balaban J connectivity index is 1.44. The molecular weight excluding hydrogens is 278 g/mol. The van der Waals surface area contributed by atoms with Crippen molar-refractivity contribution in [3.05, 3.63) is 11.6 Å². The molecule has 1 saturated heterocycles. The van der Waals surface area contributed by atoms with Crippen LogP contribution in [-0.4, -0.2) is 57.2 Å². The van der Waals surface area contributed by atoms with Crippen molar-refractivity contribution in [2.45, 2.75) is 39.2 Å². The van der Waals surface area contributed by atoms with Crippen LogP contribution in [0.25, 0.3) is 0 Å². The Labute approximate surface area is 132 Å². The molecule has 1 saturated carbocycles.